The van der Waals surface area contributed by atoms with Gasteiger partial charge in [0.15, 0.2) is 5.82 Å². The highest BCUT2D eigenvalue weighted by atomic mass is 19.1. The van der Waals surface area contributed by atoms with Crippen molar-refractivity contribution in [3.63, 3.8) is 0 Å². The third-order valence-electron chi connectivity index (χ3n) is 6.39. The topological polar surface area (TPSA) is 78.5 Å². The number of aromatic amines is 1. The van der Waals surface area contributed by atoms with Gasteiger partial charge in [0.25, 0.3) is 0 Å². The maximum atomic E-state index is 13.4. The van der Waals surface area contributed by atoms with E-state index in [1.165, 1.54) is 18.4 Å². The van der Waals surface area contributed by atoms with E-state index in [0.717, 1.165) is 53.2 Å². The molecule has 0 spiro atoms. The van der Waals surface area contributed by atoms with Crippen molar-refractivity contribution in [3.8, 4) is 11.3 Å². The first-order valence-corrected chi connectivity index (χ1v) is 10.7. The summed E-state index contributed by atoms with van der Waals surface area (Å²) in [6.07, 6.45) is 4.56. The number of benzene rings is 2. The molecule has 31 heavy (non-hydrogen) atoms. The van der Waals surface area contributed by atoms with Gasteiger partial charge in [-0.05, 0) is 54.8 Å². The zero-order valence-corrected chi connectivity index (χ0v) is 17.5. The molecule has 0 aliphatic heterocycles. The molecule has 5 rings (SSSR count). The lowest BCUT2D eigenvalue weighted by Crippen LogP contribution is -2.31. The van der Waals surface area contributed by atoms with Crippen LogP contribution in [-0.2, 0) is 5.41 Å². The molecule has 158 valence electrons. The van der Waals surface area contributed by atoms with E-state index in [1.54, 1.807) is 12.1 Å². The second-order valence-electron chi connectivity index (χ2n) is 8.23. The molecule has 7 heteroatoms. The average Bonchev–Trinajstić information content (AvgIpc) is 3.46. The summed E-state index contributed by atoms with van der Waals surface area (Å²) >= 11 is 0. The molecule has 2 aromatic carbocycles. The van der Waals surface area contributed by atoms with Crippen molar-refractivity contribution in [1.82, 2.24) is 20.4 Å². The van der Waals surface area contributed by atoms with E-state index in [9.17, 15) is 4.39 Å². The number of hydrogen-bond donors (Lipinski definition) is 3. The van der Waals surface area contributed by atoms with Crippen molar-refractivity contribution in [2.24, 2.45) is 0 Å². The van der Waals surface area contributed by atoms with Gasteiger partial charge < -0.3 is 10.6 Å². The molecule has 1 saturated carbocycles. The van der Waals surface area contributed by atoms with Crippen molar-refractivity contribution < 1.29 is 4.39 Å². The number of nitrogens with one attached hydrogen (secondary N) is 3. The highest BCUT2D eigenvalue weighted by molar-refractivity contribution is 5.92. The van der Waals surface area contributed by atoms with Crippen LogP contribution in [0, 0.1) is 5.82 Å². The van der Waals surface area contributed by atoms with Gasteiger partial charge in [-0.15, -0.1) is 10.2 Å². The first kappa shape index (κ1) is 19.5. The number of halogens is 1. The number of anilines is 2. The quantitative estimate of drug-likeness (QED) is 0.406. The number of hydrogen-bond acceptors (Lipinski definition) is 5. The second kappa shape index (κ2) is 7.98. The predicted octanol–water partition coefficient (Wildman–Crippen LogP) is 5.12. The van der Waals surface area contributed by atoms with Crippen LogP contribution < -0.4 is 10.6 Å². The van der Waals surface area contributed by atoms with Gasteiger partial charge in [0.1, 0.15) is 11.6 Å². The van der Waals surface area contributed by atoms with Gasteiger partial charge in [0.2, 0.25) is 0 Å². The van der Waals surface area contributed by atoms with E-state index in [-0.39, 0.29) is 11.2 Å². The molecule has 2 heterocycles. The Bertz CT molecular complexity index is 1180. The molecule has 0 bridgehead atoms. The summed E-state index contributed by atoms with van der Waals surface area (Å²) in [5, 5.41) is 23.7. The SMILES string of the molecule is CNc1n[nH]c2ccc(-c3ccc(NCC4(c5ccc(F)cc5)CCCC4)nn3)cc12. The predicted molar refractivity (Wildman–Crippen MR) is 122 cm³/mol. The van der Waals surface area contributed by atoms with Crippen LogP contribution >= 0.6 is 0 Å². The summed E-state index contributed by atoms with van der Waals surface area (Å²) in [6.45, 7) is 0.763. The van der Waals surface area contributed by atoms with Gasteiger partial charge in [0, 0.05) is 30.0 Å². The van der Waals surface area contributed by atoms with Crippen molar-refractivity contribution in [2.75, 3.05) is 24.2 Å². The van der Waals surface area contributed by atoms with E-state index in [4.69, 9.17) is 0 Å². The third kappa shape index (κ3) is 3.71. The van der Waals surface area contributed by atoms with E-state index in [1.807, 2.05) is 43.4 Å². The molecule has 0 unspecified atom stereocenters. The summed E-state index contributed by atoms with van der Waals surface area (Å²) < 4.78 is 13.4. The van der Waals surface area contributed by atoms with Gasteiger partial charge in [-0.3, -0.25) is 5.10 Å². The molecule has 3 N–H and O–H groups in total. The number of rotatable bonds is 6. The van der Waals surface area contributed by atoms with Gasteiger partial charge in [-0.25, -0.2) is 4.39 Å². The van der Waals surface area contributed by atoms with Crippen LogP contribution in [0.5, 0.6) is 0 Å². The molecule has 1 aliphatic rings. The minimum Gasteiger partial charge on any atom is -0.371 e. The Hall–Kier alpha value is -3.48. The second-order valence-corrected chi connectivity index (χ2v) is 8.23. The van der Waals surface area contributed by atoms with E-state index >= 15 is 0 Å². The number of aromatic nitrogens is 4. The lowest BCUT2D eigenvalue weighted by Gasteiger charge is -2.30. The monoisotopic (exact) mass is 416 g/mol. The smallest absolute Gasteiger partial charge is 0.155 e. The van der Waals surface area contributed by atoms with Gasteiger partial charge in [0.05, 0.1) is 11.2 Å². The lowest BCUT2D eigenvalue weighted by molar-refractivity contribution is 0.465. The maximum Gasteiger partial charge on any atom is 0.155 e. The average molecular weight is 417 g/mol. The standard InChI is InChI=1S/C24H25FN6/c1-26-23-19-14-16(4-9-21(19)29-31-23)20-10-11-22(30-28-20)27-15-24(12-2-3-13-24)17-5-7-18(25)8-6-17/h4-11,14H,2-3,12-13,15H2,1H3,(H,27,30)(H2,26,29,31). The first-order valence-electron chi connectivity index (χ1n) is 10.7. The number of H-pyrrole nitrogens is 1. The molecule has 2 aromatic heterocycles. The molecule has 0 amide bonds. The van der Waals surface area contributed by atoms with Crippen LogP contribution in [0.1, 0.15) is 31.2 Å². The third-order valence-corrected chi connectivity index (χ3v) is 6.39. The number of nitrogens with zero attached hydrogens (tertiary/aromatic N) is 3. The van der Waals surface area contributed by atoms with Gasteiger partial charge >= 0.3 is 0 Å². The minimum absolute atomic E-state index is 0.0178. The molecular weight excluding hydrogens is 391 g/mol. The van der Waals surface area contributed by atoms with Crippen molar-refractivity contribution in [1.29, 1.82) is 0 Å². The zero-order chi connectivity index (χ0) is 21.3. The Morgan fingerprint density at radius 2 is 1.81 bits per heavy atom. The Morgan fingerprint density at radius 3 is 2.52 bits per heavy atom. The lowest BCUT2D eigenvalue weighted by atomic mass is 9.79. The first-order chi connectivity index (χ1) is 15.2. The molecule has 0 radical (unpaired) electrons. The molecule has 1 fully saturated rings. The largest absolute Gasteiger partial charge is 0.371 e. The van der Waals surface area contributed by atoms with Crippen LogP contribution in [-0.4, -0.2) is 34.0 Å². The van der Waals surface area contributed by atoms with Crippen LogP contribution in [0.25, 0.3) is 22.2 Å². The van der Waals surface area contributed by atoms with E-state index in [0.29, 0.717) is 0 Å². The van der Waals surface area contributed by atoms with Gasteiger partial charge in [-0.1, -0.05) is 31.0 Å². The van der Waals surface area contributed by atoms with Gasteiger partial charge in [-0.2, -0.15) is 5.10 Å². The summed E-state index contributed by atoms with van der Waals surface area (Å²) in [4.78, 5) is 0. The van der Waals surface area contributed by atoms with Crippen LogP contribution in [0.2, 0.25) is 0 Å². The van der Waals surface area contributed by atoms with E-state index in [2.05, 4.69) is 37.1 Å². The molecular formula is C24H25FN6. The Morgan fingerprint density at radius 1 is 1.00 bits per heavy atom. The summed E-state index contributed by atoms with van der Waals surface area (Å²) in [6, 6.07) is 17.0. The Labute approximate surface area is 180 Å². The molecule has 6 nitrogen and oxygen atoms in total. The van der Waals surface area contributed by atoms with Crippen LogP contribution in [0.4, 0.5) is 16.0 Å². The number of fused-ring (bicyclic) bond motifs is 1. The highest BCUT2D eigenvalue weighted by Crippen LogP contribution is 2.41. The molecule has 0 saturated heterocycles. The zero-order valence-electron chi connectivity index (χ0n) is 17.5. The fourth-order valence-electron chi connectivity index (χ4n) is 4.63. The fraction of sp³-hybridized carbons (Fsp3) is 0.292. The summed E-state index contributed by atoms with van der Waals surface area (Å²) in [5.41, 5.74) is 3.98. The normalized spacial score (nSPS) is 15.3. The maximum absolute atomic E-state index is 13.4. The molecule has 1 aliphatic carbocycles. The van der Waals surface area contributed by atoms with Crippen molar-refractivity contribution in [2.45, 2.75) is 31.1 Å². The van der Waals surface area contributed by atoms with Crippen molar-refractivity contribution >= 4 is 22.5 Å². The minimum atomic E-state index is -0.193. The fourth-order valence-corrected chi connectivity index (χ4v) is 4.63. The summed E-state index contributed by atoms with van der Waals surface area (Å²) in [5.74, 6) is 1.37. The summed E-state index contributed by atoms with van der Waals surface area (Å²) in [7, 11) is 1.85. The van der Waals surface area contributed by atoms with Crippen LogP contribution in [0.3, 0.4) is 0 Å². The highest BCUT2D eigenvalue weighted by Gasteiger charge is 2.35. The van der Waals surface area contributed by atoms with Crippen LogP contribution in [0.15, 0.2) is 54.6 Å². The van der Waals surface area contributed by atoms with E-state index < -0.39 is 0 Å². The Kier molecular flexibility index (Phi) is 5.02. The van der Waals surface area contributed by atoms with Crippen molar-refractivity contribution in [3.05, 3.63) is 66.0 Å². The Balaban J connectivity index is 1.34. The molecule has 0 atom stereocenters. The molecule has 4 aromatic rings.